The van der Waals surface area contributed by atoms with Crippen molar-refractivity contribution in [3.8, 4) is 0 Å². The van der Waals surface area contributed by atoms with E-state index in [4.69, 9.17) is 4.74 Å². The van der Waals surface area contributed by atoms with E-state index < -0.39 is 6.10 Å². The van der Waals surface area contributed by atoms with Gasteiger partial charge in [-0.2, -0.15) is 0 Å². The summed E-state index contributed by atoms with van der Waals surface area (Å²) in [7, 11) is 0. The maximum atomic E-state index is 13.5. The van der Waals surface area contributed by atoms with Crippen LogP contribution in [0.4, 0.5) is 4.39 Å². The number of aliphatic hydroxyl groups is 1. The van der Waals surface area contributed by atoms with E-state index in [-0.39, 0.29) is 5.82 Å². The van der Waals surface area contributed by atoms with Gasteiger partial charge in [0.15, 0.2) is 0 Å². The number of ether oxygens (including phenoxy) is 1. The van der Waals surface area contributed by atoms with Gasteiger partial charge in [-0.05, 0) is 18.2 Å². The molecule has 20 heavy (non-hydrogen) atoms. The van der Waals surface area contributed by atoms with E-state index in [0.29, 0.717) is 25.2 Å². The van der Waals surface area contributed by atoms with Crippen molar-refractivity contribution >= 4 is 15.9 Å². The molecule has 0 bridgehead atoms. The number of halogens is 2. The fraction of sp³-hybridized carbons (Fsp3) is 0.571. The van der Waals surface area contributed by atoms with Gasteiger partial charge in [-0.1, -0.05) is 15.9 Å². The molecular formula is C14H20BrFN2O2. The van der Waals surface area contributed by atoms with Crippen LogP contribution in [-0.2, 0) is 11.3 Å². The van der Waals surface area contributed by atoms with E-state index in [1.807, 2.05) is 0 Å². The maximum absolute atomic E-state index is 13.5. The first kappa shape index (κ1) is 15.9. The Morgan fingerprint density at radius 2 is 2.15 bits per heavy atom. The number of rotatable bonds is 6. The van der Waals surface area contributed by atoms with Gasteiger partial charge in [0.1, 0.15) is 5.82 Å². The Kier molecular flexibility index (Phi) is 6.38. The highest BCUT2D eigenvalue weighted by Gasteiger charge is 2.14. The summed E-state index contributed by atoms with van der Waals surface area (Å²) in [5, 5.41) is 13.0. The second-order valence-electron chi connectivity index (χ2n) is 4.93. The SMILES string of the molecule is OC(CNCc1cc(Br)ccc1F)CN1CCOCC1. The molecule has 2 rings (SSSR count). The number of hydrogen-bond donors (Lipinski definition) is 2. The molecule has 1 aliphatic heterocycles. The molecule has 1 aliphatic rings. The monoisotopic (exact) mass is 346 g/mol. The second kappa shape index (κ2) is 8.05. The Balaban J connectivity index is 1.70. The van der Waals surface area contributed by atoms with Crippen molar-refractivity contribution in [3.05, 3.63) is 34.1 Å². The lowest BCUT2D eigenvalue weighted by Crippen LogP contribution is -2.43. The fourth-order valence-electron chi connectivity index (χ4n) is 2.20. The van der Waals surface area contributed by atoms with Gasteiger partial charge in [-0.3, -0.25) is 4.90 Å². The number of morpholine rings is 1. The maximum Gasteiger partial charge on any atom is 0.127 e. The van der Waals surface area contributed by atoms with Crippen molar-refractivity contribution < 1.29 is 14.2 Å². The number of β-amino-alcohol motifs (C(OH)–C–C–N with tert-alkyl or cyclic N) is 1. The van der Waals surface area contributed by atoms with Crippen LogP contribution in [-0.4, -0.2) is 55.5 Å². The molecule has 1 unspecified atom stereocenters. The average Bonchev–Trinajstić information content (AvgIpc) is 2.44. The third-order valence-electron chi connectivity index (χ3n) is 3.28. The number of hydrogen-bond acceptors (Lipinski definition) is 4. The van der Waals surface area contributed by atoms with Gasteiger partial charge in [-0.25, -0.2) is 4.39 Å². The Bertz CT molecular complexity index is 428. The molecule has 112 valence electrons. The van der Waals surface area contributed by atoms with Crippen molar-refractivity contribution in [2.24, 2.45) is 0 Å². The van der Waals surface area contributed by atoms with E-state index in [1.165, 1.54) is 6.07 Å². The van der Waals surface area contributed by atoms with Gasteiger partial charge in [0.2, 0.25) is 0 Å². The lowest BCUT2D eigenvalue weighted by molar-refractivity contribution is 0.0149. The van der Waals surface area contributed by atoms with Gasteiger partial charge >= 0.3 is 0 Å². The number of aliphatic hydroxyl groups excluding tert-OH is 1. The highest BCUT2D eigenvalue weighted by molar-refractivity contribution is 9.10. The van der Waals surface area contributed by atoms with Crippen molar-refractivity contribution in [1.29, 1.82) is 0 Å². The second-order valence-corrected chi connectivity index (χ2v) is 5.85. The summed E-state index contributed by atoms with van der Waals surface area (Å²) in [6, 6.07) is 4.86. The largest absolute Gasteiger partial charge is 0.390 e. The van der Waals surface area contributed by atoms with E-state index >= 15 is 0 Å². The lowest BCUT2D eigenvalue weighted by atomic mass is 10.2. The number of benzene rings is 1. The number of nitrogens with zero attached hydrogens (tertiary/aromatic N) is 1. The summed E-state index contributed by atoms with van der Waals surface area (Å²) >= 11 is 3.32. The molecule has 4 nitrogen and oxygen atoms in total. The lowest BCUT2D eigenvalue weighted by Gasteiger charge is -2.28. The zero-order chi connectivity index (χ0) is 14.4. The zero-order valence-electron chi connectivity index (χ0n) is 11.3. The quantitative estimate of drug-likeness (QED) is 0.816. The molecular weight excluding hydrogens is 327 g/mol. The molecule has 0 aliphatic carbocycles. The average molecular weight is 347 g/mol. The zero-order valence-corrected chi connectivity index (χ0v) is 12.9. The van der Waals surface area contributed by atoms with Crippen LogP contribution in [0.15, 0.2) is 22.7 Å². The summed E-state index contributed by atoms with van der Waals surface area (Å²) in [4.78, 5) is 2.18. The van der Waals surface area contributed by atoms with Gasteiger partial charge in [0, 0.05) is 42.8 Å². The predicted octanol–water partition coefficient (Wildman–Crippen LogP) is 1.37. The minimum atomic E-state index is -0.455. The molecule has 6 heteroatoms. The van der Waals surface area contributed by atoms with E-state index in [2.05, 4.69) is 26.1 Å². The molecule has 0 radical (unpaired) electrons. The Morgan fingerprint density at radius 3 is 2.90 bits per heavy atom. The Labute approximate surface area is 127 Å². The molecule has 0 aromatic heterocycles. The third-order valence-corrected chi connectivity index (χ3v) is 3.77. The first-order chi connectivity index (χ1) is 9.65. The summed E-state index contributed by atoms with van der Waals surface area (Å²) < 4.78 is 19.6. The number of nitrogens with one attached hydrogen (secondary N) is 1. The molecule has 1 fully saturated rings. The highest BCUT2D eigenvalue weighted by atomic mass is 79.9. The molecule has 1 saturated heterocycles. The Hall–Kier alpha value is -0.530. The molecule has 1 atom stereocenters. The normalized spacial score (nSPS) is 18.1. The minimum absolute atomic E-state index is 0.233. The van der Waals surface area contributed by atoms with Gasteiger partial charge < -0.3 is 15.2 Å². The predicted molar refractivity (Wildman–Crippen MR) is 79.1 cm³/mol. The van der Waals surface area contributed by atoms with E-state index in [0.717, 1.165) is 30.8 Å². The topological polar surface area (TPSA) is 44.7 Å². The van der Waals surface area contributed by atoms with Crippen LogP contribution in [0.1, 0.15) is 5.56 Å². The molecule has 0 spiro atoms. The summed E-state index contributed by atoms with van der Waals surface area (Å²) in [5.74, 6) is -0.233. The summed E-state index contributed by atoms with van der Waals surface area (Å²) in [5.41, 5.74) is 0.595. The molecule has 1 heterocycles. The van der Waals surface area contributed by atoms with Crippen LogP contribution in [0.5, 0.6) is 0 Å². The van der Waals surface area contributed by atoms with Crippen molar-refractivity contribution in [2.45, 2.75) is 12.6 Å². The molecule has 2 N–H and O–H groups in total. The smallest absolute Gasteiger partial charge is 0.127 e. The van der Waals surface area contributed by atoms with Crippen molar-refractivity contribution in [2.75, 3.05) is 39.4 Å². The molecule has 0 saturated carbocycles. The van der Waals surface area contributed by atoms with E-state index in [9.17, 15) is 9.50 Å². The van der Waals surface area contributed by atoms with Crippen molar-refractivity contribution in [3.63, 3.8) is 0 Å². The van der Waals surface area contributed by atoms with Crippen LogP contribution in [0, 0.1) is 5.82 Å². The first-order valence-corrected chi connectivity index (χ1v) is 7.57. The van der Waals surface area contributed by atoms with Crippen LogP contribution >= 0.6 is 15.9 Å². The van der Waals surface area contributed by atoms with Crippen molar-refractivity contribution in [1.82, 2.24) is 10.2 Å². The van der Waals surface area contributed by atoms with Crippen LogP contribution in [0.3, 0.4) is 0 Å². The molecule has 1 aromatic carbocycles. The van der Waals surface area contributed by atoms with Crippen LogP contribution < -0.4 is 5.32 Å². The fourth-order valence-corrected chi connectivity index (χ4v) is 2.61. The standard InChI is InChI=1S/C14H20BrFN2O2/c15-12-1-2-14(16)11(7-12)8-17-9-13(19)10-18-3-5-20-6-4-18/h1-2,7,13,17,19H,3-6,8-10H2. The highest BCUT2D eigenvalue weighted by Crippen LogP contribution is 2.15. The van der Waals surface area contributed by atoms with Gasteiger partial charge in [0.05, 0.1) is 19.3 Å². The van der Waals surface area contributed by atoms with Crippen LogP contribution in [0.25, 0.3) is 0 Å². The third kappa shape index (κ3) is 5.10. The minimum Gasteiger partial charge on any atom is -0.390 e. The molecule has 1 aromatic rings. The summed E-state index contributed by atoms with van der Waals surface area (Å²) in [6.07, 6.45) is -0.455. The van der Waals surface area contributed by atoms with Gasteiger partial charge in [0.25, 0.3) is 0 Å². The Morgan fingerprint density at radius 1 is 1.40 bits per heavy atom. The van der Waals surface area contributed by atoms with Gasteiger partial charge in [-0.15, -0.1) is 0 Å². The summed E-state index contributed by atoms with van der Waals surface area (Å²) in [6.45, 7) is 4.65. The van der Waals surface area contributed by atoms with E-state index in [1.54, 1.807) is 12.1 Å². The first-order valence-electron chi connectivity index (χ1n) is 6.78. The molecule has 0 amide bonds. The van der Waals surface area contributed by atoms with Crippen LogP contribution in [0.2, 0.25) is 0 Å².